The van der Waals surface area contributed by atoms with Gasteiger partial charge in [0.25, 0.3) is 5.91 Å². The number of H-pyrrole nitrogens is 1. The topological polar surface area (TPSA) is 53.2 Å². The predicted molar refractivity (Wildman–Crippen MR) is 69.5 cm³/mol. The summed E-state index contributed by atoms with van der Waals surface area (Å²) in [5, 5.41) is 0.974. The molecule has 1 aromatic rings. The second-order valence-corrected chi connectivity index (χ2v) is 5.11. The molecular formula is C12H15BrN2O2. The molecule has 1 unspecified atom stereocenters. The molecule has 2 rings (SSSR count). The van der Waals surface area contributed by atoms with Crippen LogP contribution in [0.5, 0.6) is 0 Å². The predicted octanol–water partition coefficient (Wildman–Crippen LogP) is 1.62. The van der Waals surface area contributed by atoms with Crippen LogP contribution in [0.4, 0.5) is 0 Å². The average molecular weight is 299 g/mol. The molecule has 0 spiro atoms. The van der Waals surface area contributed by atoms with Crippen LogP contribution >= 0.6 is 15.9 Å². The maximum Gasteiger partial charge on any atom is 0.270 e. The number of amides is 1. The lowest BCUT2D eigenvalue weighted by Crippen LogP contribution is -2.30. The van der Waals surface area contributed by atoms with Gasteiger partial charge in [-0.25, -0.2) is 0 Å². The first kappa shape index (κ1) is 12.4. The molecule has 1 atom stereocenters. The van der Waals surface area contributed by atoms with Crippen molar-refractivity contribution in [3.05, 3.63) is 34.2 Å². The van der Waals surface area contributed by atoms with Gasteiger partial charge < -0.3 is 9.88 Å². The zero-order valence-corrected chi connectivity index (χ0v) is 11.1. The molecule has 1 aliphatic rings. The Balaban J connectivity index is 2.04. The molecular weight excluding hydrogens is 284 g/mol. The van der Waals surface area contributed by atoms with E-state index in [4.69, 9.17) is 0 Å². The number of aromatic nitrogens is 1. The second-order valence-electron chi connectivity index (χ2n) is 4.31. The van der Waals surface area contributed by atoms with Crippen molar-refractivity contribution in [2.24, 2.45) is 5.92 Å². The zero-order chi connectivity index (χ0) is 12.3. The number of hydrogen-bond donors (Lipinski definition) is 1. The number of likely N-dealkylation sites (tertiary alicyclic amines) is 1. The van der Waals surface area contributed by atoms with Crippen LogP contribution in [0.3, 0.4) is 0 Å². The summed E-state index contributed by atoms with van der Waals surface area (Å²) >= 11 is 3.42. The number of rotatable bonds is 3. The highest BCUT2D eigenvalue weighted by Crippen LogP contribution is 2.21. The molecule has 1 N–H and O–H groups in total. The summed E-state index contributed by atoms with van der Waals surface area (Å²) in [5.74, 6) is 0.508. The lowest BCUT2D eigenvalue weighted by molar-refractivity contribution is 0.0781. The van der Waals surface area contributed by atoms with E-state index < -0.39 is 0 Å². The number of nitrogens with zero attached hydrogens (tertiary/aromatic N) is 1. The first-order valence-electron chi connectivity index (χ1n) is 5.75. The summed E-state index contributed by atoms with van der Waals surface area (Å²) < 4.78 is 0. The van der Waals surface area contributed by atoms with Gasteiger partial charge in [-0.3, -0.25) is 9.59 Å². The number of carbonyl (C=O) groups excluding carboxylic acids is 1. The van der Waals surface area contributed by atoms with Crippen LogP contribution in [-0.2, 0) is 0 Å². The molecule has 1 aromatic heterocycles. The van der Waals surface area contributed by atoms with Gasteiger partial charge in [-0.15, -0.1) is 0 Å². The van der Waals surface area contributed by atoms with E-state index in [2.05, 4.69) is 20.9 Å². The molecule has 1 saturated heterocycles. The molecule has 2 heterocycles. The monoisotopic (exact) mass is 298 g/mol. The Bertz CT molecular complexity index is 458. The Morgan fingerprint density at radius 3 is 3.06 bits per heavy atom. The Hall–Kier alpha value is -1.10. The Morgan fingerprint density at radius 1 is 1.53 bits per heavy atom. The molecule has 1 fully saturated rings. The smallest absolute Gasteiger partial charge is 0.270 e. The van der Waals surface area contributed by atoms with E-state index in [1.54, 1.807) is 12.1 Å². The fourth-order valence-electron chi connectivity index (χ4n) is 2.15. The van der Waals surface area contributed by atoms with Crippen LogP contribution in [0, 0.1) is 5.92 Å². The van der Waals surface area contributed by atoms with Crippen molar-refractivity contribution in [2.45, 2.75) is 12.8 Å². The van der Waals surface area contributed by atoms with Crippen molar-refractivity contribution < 1.29 is 4.79 Å². The summed E-state index contributed by atoms with van der Waals surface area (Å²) in [5.41, 5.74) is 0.157. The van der Waals surface area contributed by atoms with E-state index >= 15 is 0 Å². The number of hydrogen-bond acceptors (Lipinski definition) is 2. The van der Waals surface area contributed by atoms with Crippen LogP contribution < -0.4 is 5.56 Å². The molecule has 92 valence electrons. The fraction of sp³-hybridized carbons (Fsp3) is 0.500. The third kappa shape index (κ3) is 2.97. The maximum atomic E-state index is 12.1. The standard InChI is InChI=1S/C12H15BrN2O2/c13-6-4-9-5-7-15(8-9)12(17)10-2-1-3-11(16)14-10/h1-3,9H,4-8H2,(H,14,16). The van der Waals surface area contributed by atoms with E-state index in [1.165, 1.54) is 6.07 Å². The van der Waals surface area contributed by atoms with Gasteiger partial charge in [-0.05, 0) is 24.8 Å². The SMILES string of the molecule is O=C(c1cccc(=O)[nH]1)N1CCC(CCBr)C1. The number of alkyl halides is 1. The fourth-order valence-corrected chi connectivity index (χ4v) is 2.80. The van der Waals surface area contributed by atoms with Crippen LogP contribution in [0.25, 0.3) is 0 Å². The zero-order valence-electron chi connectivity index (χ0n) is 9.49. The lowest BCUT2D eigenvalue weighted by atomic mass is 10.1. The number of aromatic amines is 1. The molecule has 1 amide bonds. The van der Waals surface area contributed by atoms with Crippen molar-refractivity contribution in [3.8, 4) is 0 Å². The van der Waals surface area contributed by atoms with Gasteiger partial charge in [-0.1, -0.05) is 22.0 Å². The molecule has 4 nitrogen and oxygen atoms in total. The van der Waals surface area contributed by atoms with Crippen LogP contribution in [0.15, 0.2) is 23.0 Å². The van der Waals surface area contributed by atoms with Crippen LogP contribution in [0.2, 0.25) is 0 Å². The normalized spacial score (nSPS) is 19.6. The van der Waals surface area contributed by atoms with Crippen molar-refractivity contribution >= 4 is 21.8 Å². The van der Waals surface area contributed by atoms with Gasteiger partial charge in [-0.2, -0.15) is 0 Å². The quantitative estimate of drug-likeness (QED) is 0.862. The highest BCUT2D eigenvalue weighted by molar-refractivity contribution is 9.09. The molecule has 0 radical (unpaired) electrons. The van der Waals surface area contributed by atoms with Gasteiger partial charge in [0.05, 0.1) is 0 Å². The number of halogens is 1. The highest BCUT2D eigenvalue weighted by Gasteiger charge is 2.26. The van der Waals surface area contributed by atoms with Crippen molar-refractivity contribution in [3.63, 3.8) is 0 Å². The van der Waals surface area contributed by atoms with E-state index in [0.29, 0.717) is 11.6 Å². The summed E-state index contributed by atoms with van der Waals surface area (Å²) in [4.78, 5) is 27.6. The highest BCUT2D eigenvalue weighted by atomic mass is 79.9. The van der Waals surface area contributed by atoms with Gasteiger partial charge in [0.15, 0.2) is 0 Å². The summed E-state index contributed by atoms with van der Waals surface area (Å²) in [7, 11) is 0. The van der Waals surface area contributed by atoms with Gasteiger partial charge in [0, 0.05) is 24.5 Å². The molecule has 5 heteroatoms. The minimum atomic E-state index is -0.230. The maximum absolute atomic E-state index is 12.1. The first-order valence-corrected chi connectivity index (χ1v) is 6.87. The van der Waals surface area contributed by atoms with Crippen molar-refractivity contribution in [2.75, 3.05) is 18.4 Å². The molecule has 0 saturated carbocycles. The number of pyridine rings is 1. The minimum absolute atomic E-state index is 0.0697. The summed E-state index contributed by atoms with van der Waals surface area (Å²) in [6, 6.07) is 4.67. The van der Waals surface area contributed by atoms with Crippen molar-refractivity contribution in [1.82, 2.24) is 9.88 Å². The van der Waals surface area contributed by atoms with Crippen LogP contribution in [-0.4, -0.2) is 34.2 Å². The van der Waals surface area contributed by atoms with E-state index in [0.717, 1.165) is 31.3 Å². The van der Waals surface area contributed by atoms with Crippen molar-refractivity contribution in [1.29, 1.82) is 0 Å². The Labute approximate surface area is 108 Å². The third-order valence-electron chi connectivity index (χ3n) is 3.09. The molecule has 0 aliphatic carbocycles. The van der Waals surface area contributed by atoms with Gasteiger partial charge >= 0.3 is 0 Å². The molecule has 0 bridgehead atoms. The Morgan fingerprint density at radius 2 is 2.35 bits per heavy atom. The number of carbonyl (C=O) groups is 1. The average Bonchev–Trinajstić information content (AvgIpc) is 2.77. The van der Waals surface area contributed by atoms with E-state index in [9.17, 15) is 9.59 Å². The molecule has 0 aromatic carbocycles. The van der Waals surface area contributed by atoms with Gasteiger partial charge in [0.1, 0.15) is 5.69 Å². The van der Waals surface area contributed by atoms with E-state index in [1.807, 2.05) is 4.90 Å². The van der Waals surface area contributed by atoms with Gasteiger partial charge in [0.2, 0.25) is 5.56 Å². The van der Waals surface area contributed by atoms with Crippen LogP contribution in [0.1, 0.15) is 23.3 Å². The second kappa shape index (κ2) is 5.49. The third-order valence-corrected chi connectivity index (χ3v) is 3.55. The minimum Gasteiger partial charge on any atom is -0.337 e. The Kier molecular flexibility index (Phi) is 3.99. The van der Waals surface area contributed by atoms with E-state index in [-0.39, 0.29) is 11.5 Å². The number of nitrogens with one attached hydrogen (secondary N) is 1. The lowest BCUT2D eigenvalue weighted by Gasteiger charge is -2.15. The summed E-state index contributed by atoms with van der Waals surface area (Å²) in [6.07, 6.45) is 2.14. The molecule has 1 aliphatic heterocycles. The molecule has 17 heavy (non-hydrogen) atoms. The first-order chi connectivity index (χ1) is 8.20. The summed E-state index contributed by atoms with van der Waals surface area (Å²) in [6.45, 7) is 1.58. The largest absolute Gasteiger partial charge is 0.337 e.